The van der Waals surface area contributed by atoms with Crippen molar-refractivity contribution in [2.24, 2.45) is 0 Å². The van der Waals surface area contributed by atoms with Crippen LogP contribution in [0.25, 0.3) is 0 Å². The third-order valence-electron chi connectivity index (χ3n) is 2.01. The fraction of sp³-hybridized carbons (Fsp3) is 0.500. The Labute approximate surface area is 87.1 Å². The molecule has 0 spiro atoms. The van der Waals surface area contributed by atoms with Gasteiger partial charge in [-0.15, -0.1) is 4.94 Å². The molecular formula is C8H14N4O3. The molecule has 0 aliphatic carbocycles. The van der Waals surface area contributed by atoms with Crippen LogP contribution in [0, 0.1) is 0 Å². The van der Waals surface area contributed by atoms with Crippen LogP contribution in [0.2, 0.25) is 0 Å². The molecule has 15 heavy (non-hydrogen) atoms. The van der Waals surface area contributed by atoms with Crippen LogP contribution in [0.1, 0.15) is 0 Å². The maximum atomic E-state index is 9.47. The summed E-state index contributed by atoms with van der Waals surface area (Å²) in [6, 6.07) is 0. The molecule has 0 saturated heterocycles. The summed E-state index contributed by atoms with van der Waals surface area (Å²) in [5, 5.41) is 26.8. The number of rotatable bonds is 2. The Morgan fingerprint density at radius 1 is 1.00 bits per heavy atom. The maximum absolute atomic E-state index is 9.47. The van der Waals surface area contributed by atoms with E-state index >= 15 is 0 Å². The Morgan fingerprint density at radius 2 is 1.47 bits per heavy atom. The first kappa shape index (κ1) is 10.4. The summed E-state index contributed by atoms with van der Waals surface area (Å²) in [7, 11) is 0. The molecule has 84 valence electrons. The van der Waals surface area contributed by atoms with Gasteiger partial charge in [-0.1, -0.05) is 12.2 Å². The van der Waals surface area contributed by atoms with Gasteiger partial charge in [0.2, 0.25) is 12.7 Å². The lowest BCUT2D eigenvalue weighted by molar-refractivity contribution is -0.367. The van der Waals surface area contributed by atoms with Crippen molar-refractivity contribution in [2.45, 2.75) is 12.7 Å². The van der Waals surface area contributed by atoms with Crippen LogP contribution in [0.5, 0.6) is 0 Å². The highest BCUT2D eigenvalue weighted by Gasteiger charge is 2.22. The Kier molecular flexibility index (Phi) is 3.19. The van der Waals surface area contributed by atoms with Crippen LogP contribution in [-0.2, 0) is 4.94 Å². The van der Waals surface area contributed by atoms with Crippen molar-refractivity contribution >= 4 is 0 Å². The van der Waals surface area contributed by atoms with Crippen LogP contribution in [-0.4, -0.2) is 46.1 Å². The first-order valence-electron chi connectivity index (χ1n) is 4.68. The molecule has 0 bridgehead atoms. The largest absolute Gasteiger partial charge is 0.359 e. The molecule has 0 aromatic carbocycles. The average molecular weight is 214 g/mol. The van der Waals surface area contributed by atoms with E-state index in [1.807, 2.05) is 0 Å². The van der Waals surface area contributed by atoms with Crippen LogP contribution in [0.4, 0.5) is 0 Å². The van der Waals surface area contributed by atoms with Crippen molar-refractivity contribution in [3.63, 3.8) is 0 Å². The minimum Gasteiger partial charge on any atom is -0.359 e. The molecule has 2 rings (SSSR count). The standard InChI is InChI=1S/C8H14N4O3/c13-7-9-3-1-5-11(7)15-12-6-2-4-10-8(12)14/h1-2,5-10,13-14H,3-4H2. The molecule has 0 saturated carbocycles. The van der Waals surface area contributed by atoms with Crippen molar-refractivity contribution in [2.75, 3.05) is 13.1 Å². The van der Waals surface area contributed by atoms with Crippen LogP contribution in [0.3, 0.4) is 0 Å². The zero-order valence-corrected chi connectivity index (χ0v) is 8.08. The molecule has 2 heterocycles. The summed E-state index contributed by atoms with van der Waals surface area (Å²) in [5.41, 5.74) is 0. The van der Waals surface area contributed by atoms with E-state index in [2.05, 4.69) is 10.6 Å². The van der Waals surface area contributed by atoms with E-state index in [0.717, 1.165) is 0 Å². The Balaban J connectivity index is 1.94. The molecule has 0 radical (unpaired) electrons. The lowest BCUT2D eigenvalue weighted by Gasteiger charge is -2.35. The summed E-state index contributed by atoms with van der Waals surface area (Å²) in [6.07, 6.45) is 4.93. The third-order valence-corrected chi connectivity index (χ3v) is 2.01. The van der Waals surface area contributed by atoms with Gasteiger partial charge in [-0.3, -0.25) is 10.6 Å². The minimum absolute atomic E-state index is 0.581. The van der Waals surface area contributed by atoms with Gasteiger partial charge in [0.1, 0.15) is 0 Å². The lowest BCUT2D eigenvalue weighted by Crippen LogP contribution is -2.53. The second kappa shape index (κ2) is 4.60. The fourth-order valence-electron chi connectivity index (χ4n) is 1.26. The fourth-order valence-corrected chi connectivity index (χ4v) is 1.26. The van der Waals surface area contributed by atoms with Crippen molar-refractivity contribution in [3.05, 3.63) is 24.6 Å². The number of hydrogen-bond donors (Lipinski definition) is 4. The van der Waals surface area contributed by atoms with Gasteiger partial charge >= 0.3 is 0 Å². The second-order valence-electron chi connectivity index (χ2n) is 3.13. The summed E-state index contributed by atoms with van der Waals surface area (Å²) in [5.74, 6) is 0. The van der Waals surface area contributed by atoms with Gasteiger partial charge in [0.15, 0.2) is 0 Å². The van der Waals surface area contributed by atoms with Gasteiger partial charge in [-0.25, -0.2) is 0 Å². The van der Waals surface area contributed by atoms with E-state index in [1.54, 1.807) is 24.6 Å². The molecule has 2 aliphatic rings. The highest BCUT2D eigenvalue weighted by Crippen LogP contribution is 2.08. The minimum atomic E-state index is -0.919. The van der Waals surface area contributed by atoms with Crippen molar-refractivity contribution in [1.29, 1.82) is 0 Å². The molecule has 0 aromatic heterocycles. The predicted molar refractivity (Wildman–Crippen MR) is 51.1 cm³/mol. The SMILES string of the molecule is OC1NCC=CN1ON1C=CCNC1O. The Morgan fingerprint density at radius 3 is 1.87 bits per heavy atom. The van der Waals surface area contributed by atoms with E-state index in [1.165, 1.54) is 10.1 Å². The number of hydroxylamine groups is 4. The summed E-state index contributed by atoms with van der Waals surface area (Å²) < 4.78 is 0. The molecule has 7 heteroatoms. The van der Waals surface area contributed by atoms with Gasteiger partial charge in [0.25, 0.3) is 0 Å². The predicted octanol–water partition coefficient (Wildman–Crippen LogP) is -1.78. The molecule has 2 atom stereocenters. The first-order chi connectivity index (χ1) is 7.27. The normalized spacial score (nSPS) is 31.1. The number of nitrogens with one attached hydrogen (secondary N) is 2. The van der Waals surface area contributed by atoms with Gasteiger partial charge in [-0.05, 0) is 0 Å². The molecule has 0 aromatic rings. The van der Waals surface area contributed by atoms with Gasteiger partial charge < -0.3 is 10.2 Å². The second-order valence-corrected chi connectivity index (χ2v) is 3.13. The van der Waals surface area contributed by atoms with E-state index in [9.17, 15) is 10.2 Å². The zero-order chi connectivity index (χ0) is 10.7. The highest BCUT2D eigenvalue weighted by atomic mass is 16.9. The van der Waals surface area contributed by atoms with Gasteiger partial charge in [-0.2, -0.15) is 10.1 Å². The molecule has 0 fully saturated rings. The number of aliphatic hydroxyl groups is 2. The molecule has 7 nitrogen and oxygen atoms in total. The Hall–Kier alpha value is -1.12. The number of nitrogens with zero attached hydrogens (tertiary/aromatic N) is 2. The molecule has 0 amide bonds. The highest BCUT2D eigenvalue weighted by molar-refractivity contribution is 4.89. The summed E-state index contributed by atoms with van der Waals surface area (Å²) in [6.45, 7) is 1.16. The van der Waals surface area contributed by atoms with Crippen molar-refractivity contribution in [1.82, 2.24) is 20.8 Å². The first-order valence-corrected chi connectivity index (χ1v) is 4.68. The van der Waals surface area contributed by atoms with E-state index in [4.69, 9.17) is 4.94 Å². The van der Waals surface area contributed by atoms with E-state index < -0.39 is 12.7 Å². The smallest absolute Gasteiger partial charge is 0.209 e. The van der Waals surface area contributed by atoms with E-state index in [-0.39, 0.29) is 0 Å². The summed E-state index contributed by atoms with van der Waals surface area (Å²) >= 11 is 0. The molecule has 4 N–H and O–H groups in total. The average Bonchev–Trinajstić information content (AvgIpc) is 2.24. The van der Waals surface area contributed by atoms with Crippen molar-refractivity contribution < 1.29 is 15.2 Å². The quantitative estimate of drug-likeness (QED) is 0.433. The molecule has 2 unspecified atom stereocenters. The third kappa shape index (κ3) is 2.46. The molecular weight excluding hydrogens is 200 g/mol. The number of hydrogen-bond acceptors (Lipinski definition) is 7. The van der Waals surface area contributed by atoms with Gasteiger partial charge in [0, 0.05) is 25.5 Å². The number of aliphatic hydroxyl groups excluding tert-OH is 2. The van der Waals surface area contributed by atoms with Gasteiger partial charge in [0.05, 0.1) is 0 Å². The monoisotopic (exact) mass is 214 g/mol. The zero-order valence-electron chi connectivity index (χ0n) is 8.08. The Bertz CT molecular complexity index is 245. The topological polar surface area (TPSA) is 80.2 Å². The van der Waals surface area contributed by atoms with Crippen LogP contribution < -0.4 is 10.6 Å². The van der Waals surface area contributed by atoms with Crippen LogP contribution in [0.15, 0.2) is 24.6 Å². The lowest BCUT2D eigenvalue weighted by atomic mass is 10.5. The van der Waals surface area contributed by atoms with Crippen LogP contribution >= 0.6 is 0 Å². The molecule has 2 aliphatic heterocycles. The summed E-state index contributed by atoms with van der Waals surface area (Å²) in [4.78, 5) is 5.22. The van der Waals surface area contributed by atoms with E-state index in [0.29, 0.717) is 13.1 Å². The van der Waals surface area contributed by atoms with Crippen molar-refractivity contribution in [3.8, 4) is 0 Å². The maximum Gasteiger partial charge on any atom is 0.209 e.